The van der Waals surface area contributed by atoms with E-state index in [1.54, 1.807) is 6.07 Å². The smallest absolute Gasteiger partial charge is 0.201 e. The van der Waals surface area contributed by atoms with Crippen molar-refractivity contribution in [3.63, 3.8) is 0 Å². The molecule has 0 fully saturated rings. The molecule has 0 aliphatic heterocycles. The first-order valence-corrected chi connectivity index (χ1v) is 7.29. The van der Waals surface area contributed by atoms with Crippen molar-refractivity contribution in [3.05, 3.63) is 56.9 Å². The van der Waals surface area contributed by atoms with Gasteiger partial charge in [-0.1, -0.05) is 29.8 Å². The maximum atomic E-state index is 13.8. The summed E-state index contributed by atoms with van der Waals surface area (Å²) in [4.78, 5) is 4.30. The highest BCUT2D eigenvalue weighted by Gasteiger charge is 2.12. The second kappa shape index (κ2) is 5.05. The predicted octanol–water partition coefficient (Wildman–Crippen LogP) is 3.72. The largest absolute Gasteiger partial charge is 0.369 e. The molecule has 0 aliphatic carbocycles. The Labute approximate surface area is 129 Å². The van der Waals surface area contributed by atoms with Gasteiger partial charge in [0.05, 0.1) is 21.1 Å². The molecule has 5 heteroatoms. The Bertz CT molecular complexity index is 795. The van der Waals surface area contributed by atoms with Gasteiger partial charge in [0.2, 0.25) is 5.95 Å². The number of anilines is 1. The second-order valence-electron chi connectivity index (χ2n) is 4.80. The highest BCUT2D eigenvalue weighted by Crippen LogP contribution is 2.24. The lowest BCUT2D eigenvalue weighted by Crippen LogP contribution is -2.04. The standard InChI is InChI=1S/C15H13FIN3/c1-9-3-2-4-10(5-9)8-20-14-6-11(16)12(17)7-13(14)19-15(20)18/h2-7H,8H2,1H3,(H2,18,19). The topological polar surface area (TPSA) is 43.8 Å². The van der Waals surface area contributed by atoms with Crippen LogP contribution in [0.4, 0.5) is 10.3 Å². The van der Waals surface area contributed by atoms with Crippen LogP contribution >= 0.6 is 22.6 Å². The molecule has 1 aromatic heterocycles. The lowest BCUT2D eigenvalue weighted by atomic mass is 10.1. The van der Waals surface area contributed by atoms with Gasteiger partial charge in [-0.3, -0.25) is 0 Å². The minimum Gasteiger partial charge on any atom is -0.369 e. The molecule has 1 heterocycles. The van der Waals surface area contributed by atoms with Crippen LogP contribution in [0, 0.1) is 16.3 Å². The summed E-state index contributed by atoms with van der Waals surface area (Å²) in [6.45, 7) is 2.63. The van der Waals surface area contributed by atoms with Crippen LogP contribution in [-0.4, -0.2) is 9.55 Å². The highest BCUT2D eigenvalue weighted by molar-refractivity contribution is 14.1. The third-order valence-corrected chi connectivity index (χ3v) is 4.07. The number of halogens is 2. The van der Waals surface area contributed by atoms with E-state index in [0.29, 0.717) is 16.1 Å². The lowest BCUT2D eigenvalue weighted by Gasteiger charge is -2.07. The van der Waals surface area contributed by atoms with Crippen molar-refractivity contribution in [2.45, 2.75) is 13.5 Å². The summed E-state index contributed by atoms with van der Waals surface area (Å²) >= 11 is 1.96. The van der Waals surface area contributed by atoms with E-state index >= 15 is 0 Å². The van der Waals surface area contributed by atoms with Crippen LogP contribution in [0.2, 0.25) is 0 Å². The first-order chi connectivity index (χ1) is 9.54. The summed E-state index contributed by atoms with van der Waals surface area (Å²) in [6, 6.07) is 11.4. The molecule has 0 bridgehead atoms. The first kappa shape index (κ1) is 13.4. The van der Waals surface area contributed by atoms with Crippen LogP contribution in [-0.2, 0) is 6.54 Å². The van der Waals surface area contributed by atoms with Crippen LogP contribution in [0.5, 0.6) is 0 Å². The fourth-order valence-corrected chi connectivity index (χ4v) is 2.75. The van der Waals surface area contributed by atoms with Gasteiger partial charge in [0.25, 0.3) is 0 Å². The van der Waals surface area contributed by atoms with Crippen LogP contribution in [0.1, 0.15) is 11.1 Å². The van der Waals surface area contributed by atoms with Crippen LogP contribution in [0.25, 0.3) is 11.0 Å². The van der Waals surface area contributed by atoms with E-state index in [1.165, 1.54) is 11.6 Å². The average Bonchev–Trinajstić information content (AvgIpc) is 2.67. The van der Waals surface area contributed by atoms with Gasteiger partial charge in [-0.2, -0.15) is 0 Å². The number of hydrogen-bond acceptors (Lipinski definition) is 2. The summed E-state index contributed by atoms with van der Waals surface area (Å²) in [6.07, 6.45) is 0. The van der Waals surface area contributed by atoms with Crippen LogP contribution in [0.3, 0.4) is 0 Å². The molecule has 102 valence electrons. The number of aryl methyl sites for hydroxylation is 1. The quantitative estimate of drug-likeness (QED) is 0.688. The molecule has 0 aliphatic rings. The van der Waals surface area contributed by atoms with Gasteiger partial charge >= 0.3 is 0 Å². The zero-order valence-electron chi connectivity index (χ0n) is 10.9. The fourth-order valence-electron chi connectivity index (χ4n) is 2.30. The number of rotatable bonds is 2. The number of nitrogen functional groups attached to an aromatic ring is 1. The number of aromatic nitrogens is 2. The summed E-state index contributed by atoms with van der Waals surface area (Å²) in [5, 5.41) is 0. The van der Waals surface area contributed by atoms with E-state index in [2.05, 4.69) is 11.1 Å². The van der Waals surface area contributed by atoms with Gasteiger partial charge in [-0.25, -0.2) is 9.37 Å². The minimum atomic E-state index is -0.247. The zero-order valence-corrected chi connectivity index (χ0v) is 13.1. The van der Waals surface area contributed by atoms with Gasteiger partial charge in [-0.05, 0) is 41.1 Å². The molecule has 0 saturated heterocycles. The number of nitrogens with two attached hydrogens (primary N) is 1. The second-order valence-corrected chi connectivity index (χ2v) is 5.96. The van der Waals surface area contributed by atoms with E-state index in [9.17, 15) is 4.39 Å². The number of fused-ring (bicyclic) bond motifs is 1. The van der Waals surface area contributed by atoms with Crippen molar-refractivity contribution < 1.29 is 4.39 Å². The van der Waals surface area contributed by atoms with E-state index in [4.69, 9.17) is 5.73 Å². The summed E-state index contributed by atoms with van der Waals surface area (Å²) in [7, 11) is 0. The molecule has 0 unspecified atom stereocenters. The first-order valence-electron chi connectivity index (χ1n) is 6.21. The number of nitrogens with zero attached hydrogens (tertiary/aromatic N) is 2. The lowest BCUT2D eigenvalue weighted by molar-refractivity contribution is 0.621. The van der Waals surface area contributed by atoms with Gasteiger partial charge < -0.3 is 10.3 Å². The molecular weight excluding hydrogens is 368 g/mol. The fraction of sp³-hybridized carbons (Fsp3) is 0.133. The molecule has 0 saturated carbocycles. The summed E-state index contributed by atoms with van der Waals surface area (Å²) in [5.41, 5.74) is 9.72. The van der Waals surface area contributed by atoms with Crippen molar-refractivity contribution in [3.8, 4) is 0 Å². The summed E-state index contributed by atoms with van der Waals surface area (Å²) < 4.78 is 16.1. The van der Waals surface area contributed by atoms with Gasteiger partial charge in [0, 0.05) is 6.07 Å². The molecule has 2 aromatic carbocycles. The molecular formula is C15H13FIN3. The molecule has 3 rings (SSSR count). The van der Waals surface area contributed by atoms with Crippen LogP contribution in [0.15, 0.2) is 36.4 Å². The average molecular weight is 381 g/mol. The van der Waals surface area contributed by atoms with Crippen molar-refractivity contribution >= 4 is 39.6 Å². The Morgan fingerprint density at radius 1 is 1.30 bits per heavy atom. The predicted molar refractivity (Wildman–Crippen MR) is 87.1 cm³/mol. The molecule has 0 radical (unpaired) electrons. The number of benzene rings is 2. The minimum absolute atomic E-state index is 0.247. The van der Waals surface area contributed by atoms with E-state index in [1.807, 2.05) is 52.3 Å². The third-order valence-electron chi connectivity index (χ3n) is 3.24. The molecule has 0 atom stereocenters. The van der Waals surface area contributed by atoms with E-state index in [-0.39, 0.29) is 5.82 Å². The molecule has 3 aromatic rings. The van der Waals surface area contributed by atoms with Crippen molar-refractivity contribution in [2.24, 2.45) is 0 Å². The molecule has 3 nitrogen and oxygen atoms in total. The Hall–Kier alpha value is -1.63. The maximum Gasteiger partial charge on any atom is 0.201 e. The molecule has 0 amide bonds. The Morgan fingerprint density at radius 3 is 2.85 bits per heavy atom. The Morgan fingerprint density at radius 2 is 2.10 bits per heavy atom. The van der Waals surface area contributed by atoms with Crippen molar-refractivity contribution in [1.82, 2.24) is 9.55 Å². The maximum absolute atomic E-state index is 13.8. The van der Waals surface area contributed by atoms with Gasteiger partial charge in [-0.15, -0.1) is 0 Å². The number of imidazole rings is 1. The SMILES string of the molecule is Cc1cccc(Cn2c(N)nc3cc(I)c(F)cc32)c1. The van der Waals surface area contributed by atoms with Gasteiger partial charge in [0.15, 0.2) is 0 Å². The number of hydrogen-bond donors (Lipinski definition) is 1. The van der Waals surface area contributed by atoms with Gasteiger partial charge in [0.1, 0.15) is 5.82 Å². The monoisotopic (exact) mass is 381 g/mol. The molecule has 0 spiro atoms. The van der Waals surface area contributed by atoms with E-state index < -0.39 is 0 Å². The van der Waals surface area contributed by atoms with E-state index in [0.717, 1.165) is 16.6 Å². The molecule has 2 N–H and O–H groups in total. The van der Waals surface area contributed by atoms with Crippen LogP contribution < -0.4 is 5.73 Å². The Kier molecular flexibility index (Phi) is 3.37. The highest BCUT2D eigenvalue weighted by atomic mass is 127. The summed E-state index contributed by atoms with van der Waals surface area (Å²) in [5.74, 6) is 0.159. The Balaban J connectivity index is 2.11. The normalized spacial score (nSPS) is 11.2. The zero-order chi connectivity index (χ0) is 14.3. The third kappa shape index (κ3) is 2.37. The van der Waals surface area contributed by atoms with Crippen molar-refractivity contribution in [1.29, 1.82) is 0 Å². The molecule has 20 heavy (non-hydrogen) atoms. The van der Waals surface area contributed by atoms with Crippen molar-refractivity contribution in [2.75, 3.05) is 5.73 Å².